The number of amides is 1. The number of aryl methyl sites for hydroxylation is 1. The third kappa shape index (κ3) is 3.70. The zero-order chi connectivity index (χ0) is 18.0. The molecule has 0 unspecified atom stereocenters. The van der Waals surface area contributed by atoms with Gasteiger partial charge in [-0.05, 0) is 19.1 Å². The van der Waals surface area contributed by atoms with Gasteiger partial charge in [-0.1, -0.05) is 6.07 Å². The fourth-order valence-corrected chi connectivity index (χ4v) is 3.95. The number of piperazine rings is 1. The number of hydrogen-bond donors (Lipinski definition) is 1. The summed E-state index contributed by atoms with van der Waals surface area (Å²) in [5.74, 6) is -1.54. The summed E-state index contributed by atoms with van der Waals surface area (Å²) in [7, 11) is 0. The summed E-state index contributed by atoms with van der Waals surface area (Å²) in [4.78, 5) is 21.2. The summed E-state index contributed by atoms with van der Waals surface area (Å²) in [5, 5.41) is 9.15. The summed E-state index contributed by atoms with van der Waals surface area (Å²) < 4.78 is 27.9. The SMILES string of the molecule is Cc1nc(-c2c(F)cccc2F)sc1C(=O)N1CCN(CCO)CC1. The van der Waals surface area contributed by atoms with Crippen molar-refractivity contribution < 1.29 is 18.7 Å². The lowest BCUT2D eigenvalue weighted by atomic mass is 10.2. The van der Waals surface area contributed by atoms with Crippen LogP contribution in [0.4, 0.5) is 8.78 Å². The Hall–Kier alpha value is -1.90. The number of halogens is 2. The highest BCUT2D eigenvalue weighted by atomic mass is 32.1. The molecule has 1 N–H and O–H groups in total. The predicted octanol–water partition coefficient (Wildman–Crippen LogP) is 2.15. The van der Waals surface area contributed by atoms with Crippen LogP contribution in [0.2, 0.25) is 0 Å². The molecular weight excluding hydrogens is 348 g/mol. The number of nitrogens with zero attached hydrogens (tertiary/aromatic N) is 3. The molecule has 1 aliphatic heterocycles. The fourth-order valence-electron chi connectivity index (χ4n) is 2.86. The van der Waals surface area contributed by atoms with Gasteiger partial charge in [0.1, 0.15) is 21.5 Å². The lowest BCUT2D eigenvalue weighted by Crippen LogP contribution is -2.49. The van der Waals surface area contributed by atoms with E-state index in [1.165, 1.54) is 18.2 Å². The predicted molar refractivity (Wildman–Crippen MR) is 91.6 cm³/mol. The Bertz CT molecular complexity index is 753. The molecule has 1 fully saturated rings. The van der Waals surface area contributed by atoms with E-state index in [0.717, 1.165) is 11.3 Å². The number of benzene rings is 1. The minimum absolute atomic E-state index is 0.0967. The van der Waals surface area contributed by atoms with Crippen LogP contribution in [0.3, 0.4) is 0 Å². The molecular formula is C17H19F2N3O2S. The van der Waals surface area contributed by atoms with E-state index < -0.39 is 11.6 Å². The van der Waals surface area contributed by atoms with Crippen LogP contribution in [0.25, 0.3) is 10.6 Å². The maximum Gasteiger partial charge on any atom is 0.265 e. The average Bonchev–Trinajstić information content (AvgIpc) is 2.96. The van der Waals surface area contributed by atoms with E-state index in [1.807, 2.05) is 0 Å². The minimum atomic E-state index is -0.689. The standard InChI is InChI=1S/C17H19F2N3O2S/c1-11-15(17(24)22-7-5-21(6-8-22)9-10-23)25-16(20-11)14-12(18)3-2-4-13(14)19/h2-4,23H,5-10H2,1H3. The van der Waals surface area contributed by atoms with Gasteiger partial charge in [0.05, 0.1) is 17.9 Å². The number of aromatic nitrogens is 1. The van der Waals surface area contributed by atoms with Gasteiger partial charge in [-0.2, -0.15) is 0 Å². The van der Waals surface area contributed by atoms with Crippen molar-refractivity contribution in [3.63, 3.8) is 0 Å². The van der Waals surface area contributed by atoms with Crippen molar-refractivity contribution in [1.82, 2.24) is 14.8 Å². The number of aliphatic hydroxyl groups is 1. The number of rotatable bonds is 4. The first kappa shape index (κ1) is 17.9. The second kappa shape index (κ2) is 7.55. The molecule has 0 aliphatic carbocycles. The average molecular weight is 367 g/mol. The van der Waals surface area contributed by atoms with Gasteiger partial charge in [0.25, 0.3) is 5.91 Å². The molecule has 8 heteroatoms. The van der Waals surface area contributed by atoms with Crippen molar-refractivity contribution in [3.05, 3.63) is 40.4 Å². The first-order chi connectivity index (χ1) is 12.0. The molecule has 0 saturated carbocycles. The summed E-state index contributed by atoms with van der Waals surface area (Å²) in [6.07, 6.45) is 0. The molecule has 0 radical (unpaired) electrons. The van der Waals surface area contributed by atoms with Gasteiger partial charge in [-0.15, -0.1) is 11.3 Å². The lowest BCUT2D eigenvalue weighted by molar-refractivity contribution is 0.0618. The van der Waals surface area contributed by atoms with E-state index in [9.17, 15) is 13.6 Å². The van der Waals surface area contributed by atoms with Crippen molar-refractivity contribution in [1.29, 1.82) is 0 Å². The molecule has 2 heterocycles. The van der Waals surface area contributed by atoms with E-state index >= 15 is 0 Å². The zero-order valence-corrected chi connectivity index (χ0v) is 14.7. The van der Waals surface area contributed by atoms with E-state index in [2.05, 4.69) is 9.88 Å². The topological polar surface area (TPSA) is 56.7 Å². The molecule has 1 amide bonds. The number of carbonyl (C=O) groups is 1. The second-order valence-electron chi connectivity index (χ2n) is 5.89. The Morgan fingerprint density at radius 3 is 2.48 bits per heavy atom. The first-order valence-corrected chi connectivity index (χ1v) is 8.87. The van der Waals surface area contributed by atoms with E-state index in [1.54, 1.807) is 11.8 Å². The van der Waals surface area contributed by atoms with Crippen molar-refractivity contribution in [3.8, 4) is 10.6 Å². The number of thiazole rings is 1. The molecule has 0 atom stereocenters. The molecule has 1 aliphatic rings. The summed E-state index contributed by atoms with van der Waals surface area (Å²) in [6.45, 7) is 4.86. The smallest absolute Gasteiger partial charge is 0.265 e. The monoisotopic (exact) mass is 367 g/mol. The van der Waals surface area contributed by atoms with Gasteiger partial charge in [0.2, 0.25) is 0 Å². The van der Waals surface area contributed by atoms with Crippen molar-refractivity contribution in [2.75, 3.05) is 39.3 Å². The highest BCUT2D eigenvalue weighted by molar-refractivity contribution is 7.17. The van der Waals surface area contributed by atoms with E-state index in [-0.39, 0.29) is 23.1 Å². The largest absolute Gasteiger partial charge is 0.395 e. The van der Waals surface area contributed by atoms with Gasteiger partial charge in [0, 0.05) is 32.7 Å². The third-order valence-corrected chi connectivity index (χ3v) is 5.41. The summed E-state index contributed by atoms with van der Waals surface area (Å²) >= 11 is 1.02. The fraction of sp³-hybridized carbons (Fsp3) is 0.412. The normalized spacial score (nSPS) is 15.6. The summed E-state index contributed by atoms with van der Waals surface area (Å²) in [5.41, 5.74) is 0.285. The minimum Gasteiger partial charge on any atom is -0.395 e. The quantitative estimate of drug-likeness (QED) is 0.900. The van der Waals surface area contributed by atoms with E-state index in [0.29, 0.717) is 43.3 Å². The molecule has 25 heavy (non-hydrogen) atoms. The Kier molecular flexibility index (Phi) is 5.41. The Morgan fingerprint density at radius 1 is 1.24 bits per heavy atom. The van der Waals surface area contributed by atoms with Crippen LogP contribution in [0, 0.1) is 18.6 Å². The third-order valence-electron chi connectivity index (χ3n) is 4.24. The van der Waals surface area contributed by atoms with Crippen LogP contribution in [0.5, 0.6) is 0 Å². The van der Waals surface area contributed by atoms with Gasteiger partial charge in [-0.25, -0.2) is 13.8 Å². The molecule has 134 valence electrons. The van der Waals surface area contributed by atoms with Gasteiger partial charge in [-0.3, -0.25) is 9.69 Å². The maximum absolute atomic E-state index is 14.0. The number of carbonyl (C=O) groups excluding carboxylic acids is 1. The molecule has 3 rings (SSSR count). The summed E-state index contributed by atoms with van der Waals surface area (Å²) in [6, 6.07) is 3.65. The first-order valence-electron chi connectivity index (χ1n) is 8.05. The Morgan fingerprint density at radius 2 is 1.88 bits per heavy atom. The van der Waals surface area contributed by atoms with Gasteiger partial charge in [0.15, 0.2) is 0 Å². The van der Waals surface area contributed by atoms with Crippen molar-refractivity contribution in [2.45, 2.75) is 6.92 Å². The molecule has 2 aromatic rings. The Labute approximate surface area is 148 Å². The van der Waals surface area contributed by atoms with Crippen LogP contribution in [0.1, 0.15) is 15.4 Å². The molecule has 1 saturated heterocycles. The zero-order valence-electron chi connectivity index (χ0n) is 13.8. The van der Waals surface area contributed by atoms with Crippen LogP contribution >= 0.6 is 11.3 Å². The number of β-amino-alcohol motifs (C(OH)–C–C–N with tert-alkyl or cyclic N) is 1. The van der Waals surface area contributed by atoms with Crippen LogP contribution in [-0.4, -0.2) is 65.1 Å². The maximum atomic E-state index is 14.0. The molecule has 0 spiro atoms. The number of aliphatic hydroxyl groups excluding tert-OH is 1. The molecule has 1 aromatic carbocycles. The molecule has 5 nitrogen and oxygen atoms in total. The lowest BCUT2D eigenvalue weighted by Gasteiger charge is -2.34. The van der Waals surface area contributed by atoms with Gasteiger partial charge < -0.3 is 10.0 Å². The van der Waals surface area contributed by atoms with Crippen molar-refractivity contribution >= 4 is 17.2 Å². The number of hydrogen-bond acceptors (Lipinski definition) is 5. The Balaban J connectivity index is 1.80. The highest BCUT2D eigenvalue weighted by Crippen LogP contribution is 2.32. The molecule has 1 aromatic heterocycles. The molecule has 0 bridgehead atoms. The van der Waals surface area contributed by atoms with Crippen LogP contribution < -0.4 is 0 Å². The van der Waals surface area contributed by atoms with Crippen molar-refractivity contribution in [2.24, 2.45) is 0 Å². The van der Waals surface area contributed by atoms with Crippen LogP contribution in [0.15, 0.2) is 18.2 Å². The highest BCUT2D eigenvalue weighted by Gasteiger charge is 2.26. The van der Waals surface area contributed by atoms with E-state index in [4.69, 9.17) is 5.11 Å². The second-order valence-corrected chi connectivity index (χ2v) is 6.89. The van der Waals surface area contributed by atoms with Crippen LogP contribution in [-0.2, 0) is 0 Å². The van der Waals surface area contributed by atoms with Gasteiger partial charge >= 0.3 is 0 Å².